The number of methoxy groups -OCH3 is 1. The fourth-order valence-electron chi connectivity index (χ4n) is 0.971. The van der Waals surface area contributed by atoms with E-state index in [1.165, 1.54) is 13.2 Å². The normalized spacial score (nSPS) is 10.5. The summed E-state index contributed by atoms with van der Waals surface area (Å²) in [4.78, 5) is 14.5. The standard InChI is InChI=1S/C8H7F2IN2O2/c1-15-8-3(7(12)14)2-4(11)5(13-8)6(9)10/h2,6H,1H3,(H2,12,14). The van der Waals surface area contributed by atoms with Crippen LogP contribution in [0.5, 0.6) is 5.88 Å². The van der Waals surface area contributed by atoms with Crippen LogP contribution in [-0.2, 0) is 0 Å². The van der Waals surface area contributed by atoms with Crippen LogP contribution in [0.3, 0.4) is 0 Å². The maximum atomic E-state index is 12.4. The van der Waals surface area contributed by atoms with Crippen LogP contribution in [0.25, 0.3) is 0 Å². The zero-order valence-corrected chi connectivity index (χ0v) is 9.79. The first kappa shape index (κ1) is 12.1. The van der Waals surface area contributed by atoms with Crippen molar-refractivity contribution in [2.75, 3.05) is 7.11 Å². The molecule has 0 aliphatic heterocycles. The van der Waals surface area contributed by atoms with Crippen molar-refractivity contribution in [2.24, 2.45) is 5.73 Å². The summed E-state index contributed by atoms with van der Waals surface area (Å²) in [6, 6.07) is 1.23. The predicted molar refractivity (Wildman–Crippen MR) is 57.0 cm³/mol. The molecule has 1 rings (SSSR count). The summed E-state index contributed by atoms with van der Waals surface area (Å²) in [5.74, 6) is -0.948. The van der Waals surface area contributed by atoms with E-state index in [4.69, 9.17) is 10.5 Å². The summed E-state index contributed by atoms with van der Waals surface area (Å²) in [6.07, 6.45) is -2.72. The highest BCUT2D eigenvalue weighted by atomic mass is 127. The molecule has 1 aromatic rings. The minimum atomic E-state index is -2.72. The highest BCUT2D eigenvalue weighted by Crippen LogP contribution is 2.27. The van der Waals surface area contributed by atoms with Gasteiger partial charge in [0.25, 0.3) is 12.3 Å². The Kier molecular flexibility index (Phi) is 3.77. The van der Waals surface area contributed by atoms with Gasteiger partial charge in [-0.3, -0.25) is 4.79 Å². The Morgan fingerprint density at radius 1 is 1.67 bits per heavy atom. The lowest BCUT2D eigenvalue weighted by molar-refractivity contribution is 0.0995. The molecule has 7 heteroatoms. The lowest BCUT2D eigenvalue weighted by Crippen LogP contribution is -2.14. The monoisotopic (exact) mass is 328 g/mol. The van der Waals surface area contributed by atoms with Crippen molar-refractivity contribution in [1.29, 1.82) is 0 Å². The largest absolute Gasteiger partial charge is 0.480 e. The Morgan fingerprint density at radius 2 is 2.27 bits per heavy atom. The second kappa shape index (κ2) is 4.69. The van der Waals surface area contributed by atoms with Gasteiger partial charge in [0.2, 0.25) is 5.88 Å². The van der Waals surface area contributed by atoms with Crippen LogP contribution < -0.4 is 10.5 Å². The summed E-state index contributed by atoms with van der Waals surface area (Å²) >= 11 is 1.66. The third kappa shape index (κ3) is 2.52. The average molecular weight is 328 g/mol. The van der Waals surface area contributed by atoms with Crippen molar-refractivity contribution >= 4 is 28.5 Å². The molecule has 0 saturated carbocycles. The fourth-order valence-corrected chi connectivity index (χ4v) is 1.64. The van der Waals surface area contributed by atoms with Gasteiger partial charge in [-0.1, -0.05) is 0 Å². The number of carbonyl (C=O) groups is 1. The van der Waals surface area contributed by atoms with Gasteiger partial charge in [0.1, 0.15) is 11.3 Å². The number of pyridine rings is 1. The quantitative estimate of drug-likeness (QED) is 0.860. The molecule has 0 aliphatic carbocycles. The number of hydrogen-bond donors (Lipinski definition) is 1. The molecular formula is C8H7F2IN2O2. The second-order valence-corrected chi connectivity index (χ2v) is 3.74. The highest BCUT2D eigenvalue weighted by Gasteiger charge is 2.19. The molecule has 0 fully saturated rings. The van der Waals surface area contributed by atoms with Crippen LogP contribution in [0.4, 0.5) is 8.78 Å². The molecule has 0 saturated heterocycles. The van der Waals surface area contributed by atoms with Crippen LogP contribution in [0.15, 0.2) is 6.07 Å². The molecule has 15 heavy (non-hydrogen) atoms. The average Bonchev–Trinajstić information content (AvgIpc) is 2.16. The van der Waals surface area contributed by atoms with E-state index in [-0.39, 0.29) is 15.0 Å². The molecule has 1 aromatic heterocycles. The Balaban J connectivity index is 3.35. The molecule has 0 unspecified atom stereocenters. The molecule has 0 aliphatic rings. The Bertz CT molecular complexity index is 398. The molecular weight excluding hydrogens is 321 g/mol. The van der Waals surface area contributed by atoms with Crippen molar-refractivity contribution in [2.45, 2.75) is 6.43 Å². The zero-order chi connectivity index (χ0) is 11.6. The SMILES string of the molecule is COc1nc(C(F)F)c(I)cc1C(N)=O. The lowest BCUT2D eigenvalue weighted by atomic mass is 10.2. The smallest absolute Gasteiger partial charge is 0.281 e. The van der Waals surface area contributed by atoms with Crippen molar-refractivity contribution in [3.63, 3.8) is 0 Å². The molecule has 2 N–H and O–H groups in total. The maximum absolute atomic E-state index is 12.4. The Hall–Kier alpha value is -0.990. The number of primary amides is 1. The van der Waals surface area contributed by atoms with Gasteiger partial charge < -0.3 is 10.5 Å². The fraction of sp³-hybridized carbons (Fsp3) is 0.250. The van der Waals surface area contributed by atoms with E-state index in [9.17, 15) is 13.6 Å². The Morgan fingerprint density at radius 3 is 2.67 bits per heavy atom. The third-order valence-electron chi connectivity index (χ3n) is 1.63. The number of halogens is 3. The van der Waals surface area contributed by atoms with E-state index in [0.29, 0.717) is 0 Å². The number of hydrogen-bond acceptors (Lipinski definition) is 3. The first-order chi connectivity index (χ1) is 6.97. The molecule has 82 valence electrons. The van der Waals surface area contributed by atoms with Crippen LogP contribution in [0.2, 0.25) is 0 Å². The summed E-state index contributed by atoms with van der Waals surface area (Å²) in [5.41, 5.74) is 4.61. The number of nitrogens with two attached hydrogens (primary N) is 1. The molecule has 0 spiro atoms. The summed E-state index contributed by atoms with van der Waals surface area (Å²) in [5, 5.41) is 0. The topological polar surface area (TPSA) is 65.2 Å². The van der Waals surface area contributed by atoms with Gasteiger partial charge >= 0.3 is 0 Å². The molecule has 0 radical (unpaired) electrons. The van der Waals surface area contributed by atoms with Crippen molar-refractivity contribution in [3.8, 4) is 5.88 Å². The van der Waals surface area contributed by atoms with Crippen molar-refractivity contribution in [1.82, 2.24) is 4.98 Å². The first-order valence-corrected chi connectivity index (χ1v) is 4.87. The summed E-state index contributed by atoms with van der Waals surface area (Å²) < 4.78 is 29.8. The van der Waals surface area contributed by atoms with E-state index in [0.717, 1.165) is 0 Å². The number of amides is 1. The van der Waals surface area contributed by atoms with Gasteiger partial charge in [-0.15, -0.1) is 0 Å². The number of alkyl halides is 2. The first-order valence-electron chi connectivity index (χ1n) is 3.79. The molecule has 1 heterocycles. The minimum absolute atomic E-state index is 0.00806. The molecule has 0 atom stereocenters. The predicted octanol–water partition coefficient (Wildman–Crippen LogP) is 1.73. The van der Waals surface area contributed by atoms with Crippen LogP contribution in [0, 0.1) is 3.57 Å². The second-order valence-electron chi connectivity index (χ2n) is 2.58. The Labute approximate surface area is 98.0 Å². The number of carbonyl (C=O) groups excluding carboxylic acids is 1. The van der Waals surface area contributed by atoms with Gasteiger partial charge in [0.15, 0.2) is 0 Å². The lowest BCUT2D eigenvalue weighted by Gasteiger charge is -2.08. The van der Waals surface area contributed by atoms with Gasteiger partial charge in [-0.2, -0.15) is 0 Å². The van der Waals surface area contributed by atoms with E-state index in [1.54, 1.807) is 22.6 Å². The molecule has 4 nitrogen and oxygen atoms in total. The van der Waals surface area contributed by atoms with E-state index in [2.05, 4.69) is 4.98 Å². The maximum Gasteiger partial charge on any atom is 0.281 e. The highest BCUT2D eigenvalue weighted by molar-refractivity contribution is 14.1. The summed E-state index contributed by atoms with van der Waals surface area (Å²) in [6.45, 7) is 0. The van der Waals surface area contributed by atoms with E-state index in [1.807, 2.05) is 0 Å². The van der Waals surface area contributed by atoms with E-state index < -0.39 is 18.0 Å². The summed E-state index contributed by atoms with van der Waals surface area (Å²) in [7, 11) is 1.23. The number of nitrogens with zero attached hydrogens (tertiary/aromatic N) is 1. The van der Waals surface area contributed by atoms with Crippen LogP contribution in [0.1, 0.15) is 22.5 Å². The number of rotatable bonds is 3. The molecule has 0 bridgehead atoms. The van der Waals surface area contributed by atoms with E-state index >= 15 is 0 Å². The molecule has 1 amide bonds. The third-order valence-corrected chi connectivity index (χ3v) is 2.50. The molecule has 0 aromatic carbocycles. The van der Waals surface area contributed by atoms with Gasteiger partial charge in [-0.05, 0) is 28.7 Å². The number of ether oxygens (including phenoxy) is 1. The van der Waals surface area contributed by atoms with Crippen LogP contribution in [-0.4, -0.2) is 18.0 Å². The van der Waals surface area contributed by atoms with Crippen LogP contribution >= 0.6 is 22.6 Å². The van der Waals surface area contributed by atoms with Gasteiger partial charge in [-0.25, -0.2) is 13.8 Å². The van der Waals surface area contributed by atoms with Gasteiger partial charge in [0, 0.05) is 3.57 Å². The van der Waals surface area contributed by atoms with Crippen molar-refractivity contribution in [3.05, 3.63) is 20.9 Å². The van der Waals surface area contributed by atoms with Crippen molar-refractivity contribution < 1.29 is 18.3 Å². The number of aromatic nitrogens is 1. The van der Waals surface area contributed by atoms with Gasteiger partial charge in [0.05, 0.1) is 7.11 Å². The minimum Gasteiger partial charge on any atom is -0.480 e. The zero-order valence-electron chi connectivity index (χ0n) is 7.63.